The molecule has 0 spiro atoms. The van der Waals surface area contributed by atoms with Gasteiger partial charge in [0.25, 0.3) is 0 Å². The van der Waals surface area contributed by atoms with Crippen LogP contribution >= 0.6 is 0 Å². The van der Waals surface area contributed by atoms with Gasteiger partial charge in [0.15, 0.2) is 5.78 Å². The van der Waals surface area contributed by atoms with Crippen LogP contribution in [0.4, 0.5) is 0 Å². The molecule has 0 atom stereocenters. The summed E-state index contributed by atoms with van der Waals surface area (Å²) in [4.78, 5) is 26.5. The van der Waals surface area contributed by atoms with E-state index in [4.69, 9.17) is 5.73 Å². The molecular formula is C20H24N2O2. The highest BCUT2D eigenvalue weighted by Gasteiger charge is 2.15. The molecular weight excluding hydrogens is 300 g/mol. The van der Waals surface area contributed by atoms with Gasteiger partial charge in [-0.25, -0.2) is 0 Å². The molecule has 0 aliphatic rings. The largest absolute Gasteiger partial charge is 0.338 e. The van der Waals surface area contributed by atoms with Crippen molar-refractivity contribution in [3.8, 4) is 0 Å². The van der Waals surface area contributed by atoms with Gasteiger partial charge < -0.3 is 10.6 Å². The number of Topliss-reactive ketones (excluding diaryl/α,β-unsaturated/α-hetero) is 1. The minimum atomic E-state index is -0.00316. The normalized spacial score (nSPS) is 10.4. The van der Waals surface area contributed by atoms with Crippen LogP contribution in [-0.4, -0.2) is 29.7 Å². The number of nitrogens with zero attached hydrogens (tertiary/aromatic N) is 1. The maximum absolute atomic E-state index is 12.5. The molecule has 0 saturated heterocycles. The average molecular weight is 324 g/mol. The number of amides is 1. The summed E-state index contributed by atoms with van der Waals surface area (Å²) in [5.74, 6) is -0.000907. The molecule has 2 rings (SSSR count). The van der Waals surface area contributed by atoms with Gasteiger partial charge in [-0.1, -0.05) is 60.7 Å². The Hall–Kier alpha value is -2.46. The molecule has 0 aliphatic carbocycles. The molecule has 0 heterocycles. The molecule has 2 aromatic rings. The Labute approximate surface area is 143 Å². The number of hydrogen-bond acceptors (Lipinski definition) is 3. The van der Waals surface area contributed by atoms with Crippen LogP contribution in [0.5, 0.6) is 0 Å². The number of rotatable bonds is 9. The second-order valence-electron chi connectivity index (χ2n) is 5.73. The van der Waals surface area contributed by atoms with Crippen molar-refractivity contribution in [3.63, 3.8) is 0 Å². The number of ketones is 1. The van der Waals surface area contributed by atoms with Crippen LogP contribution in [0.15, 0.2) is 60.7 Å². The predicted molar refractivity (Wildman–Crippen MR) is 95.5 cm³/mol. The van der Waals surface area contributed by atoms with E-state index >= 15 is 0 Å². The lowest BCUT2D eigenvalue weighted by molar-refractivity contribution is -0.131. The lowest BCUT2D eigenvalue weighted by Crippen LogP contribution is -2.32. The molecule has 126 valence electrons. The zero-order chi connectivity index (χ0) is 17.2. The summed E-state index contributed by atoms with van der Waals surface area (Å²) < 4.78 is 0. The molecule has 2 N–H and O–H groups in total. The zero-order valence-electron chi connectivity index (χ0n) is 13.9. The van der Waals surface area contributed by atoms with Crippen molar-refractivity contribution in [2.45, 2.75) is 25.8 Å². The van der Waals surface area contributed by atoms with Crippen molar-refractivity contribution >= 4 is 11.7 Å². The number of carbonyl (C=O) groups excluding carboxylic acids is 2. The number of benzene rings is 2. The Morgan fingerprint density at radius 2 is 1.50 bits per heavy atom. The summed E-state index contributed by atoms with van der Waals surface area (Å²) in [5.41, 5.74) is 7.31. The van der Waals surface area contributed by atoms with Gasteiger partial charge in [-0.15, -0.1) is 0 Å². The highest BCUT2D eigenvalue weighted by atomic mass is 16.2. The fraction of sp³-hybridized carbons (Fsp3) is 0.300. The van der Waals surface area contributed by atoms with Crippen molar-refractivity contribution in [1.82, 2.24) is 4.90 Å². The lowest BCUT2D eigenvalue weighted by Gasteiger charge is -2.22. The second-order valence-corrected chi connectivity index (χ2v) is 5.73. The van der Waals surface area contributed by atoms with Crippen LogP contribution in [0.2, 0.25) is 0 Å². The highest BCUT2D eigenvalue weighted by Crippen LogP contribution is 2.10. The van der Waals surface area contributed by atoms with Gasteiger partial charge in [0, 0.05) is 31.5 Å². The summed E-state index contributed by atoms with van der Waals surface area (Å²) in [6, 6.07) is 19.0. The summed E-state index contributed by atoms with van der Waals surface area (Å²) >= 11 is 0. The van der Waals surface area contributed by atoms with Gasteiger partial charge in [-0.2, -0.15) is 0 Å². The first kappa shape index (κ1) is 17.9. The van der Waals surface area contributed by atoms with Crippen molar-refractivity contribution < 1.29 is 9.59 Å². The molecule has 0 bridgehead atoms. The SMILES string of the molecule is NCCCN(Cc1ccccc1)C(=O)CCC(=O)c1ccccc1. The van der Waals surface area contributed by atoms with E-state index < -0.39 is 0 Å². The second kappa shape index (κ2) is 9.63. The maximum atomic E-state index is 12.5. The van der Waals surface area contributed by atoms with E-state index in [1.807, 2.05) is 48.5 Å². The Morgan fingerprint density at radius 3 is 2.12 bits per heavy atom. The van der Waals surface area contributed by atoms with Crippen LogP contribution in [0.25, 0.3) is 0 Å². The van der Waals surface area contributed by atoms with Crippen molar-refractivity contribution in [2.75, 3.05) is 13.1 Å². The predicted octanol–water partition coefficient (Wildman–Crippen LogP) is 3.03. The van der Waals surface area contributed by atoms with Crippen LogP contribution < -0.4 is 5.73 Å². The molecule has 2 aromatic carbocycles. The molecule has 0 aliphatic heterocycles. The molecule has 0 saturated carbocycles. The summed E-state index contributed by atoms with van der Waals surface area (Å²) in [6.07, 6.45) is 1.22. The Kier molecular flexibility index (Phi) is 7.18. The highest BCUT2D eigenvalue weighted by molar-refractivity contribution is 5.97. The van der Waals surface area contributed by atoms with Gasteiger partial charge in [0.2, 0.25) is 5.91 Å². The van der Waals surface area contributed by atoms with E-state index in [1.54, 1.807) is 17.0 Å². The number of carbonyl (C=O) groups is 2. The molecule has 24 heavy (non-hydrogen) atoms. The topological polar surface area (TPSA) is 63.4 Å². The number of nitrogens with two attached hydrogens (primary N) is 1. The summed E-state index contributed by atoms with van der Waals surface area (Å²) in [5, 5.41) is 0. The Bertz CT molecular complexity index is 641. The first-order chi connectivity index (χ1) is 11.7. The van der Waals surface area contributed by atoms with Gasteiger partial charge in [-0.3, -0.25) is 9.59 Å². The van der Waals surface area contributed by atoms with E-state index in [0.717, 1.165) is 12.0 Å². The standard InChI is InChI=1S/C20H24N2O2/c21-14-7-15-22(16-17-8-3-1-4-9-17)20(24)13-12-19(23)18-10-5-2-6-11-18/h1-6,8-11H,7,12-16,21H2. The smallest absolute Gasteiger partial charge is 0.223 e. The molecule has 4 nitrogen and oxygen atoms in total. The maximum Gasteiger partial charge on any atom is 0.223 e. The third-order valence-corrected chi connectivity index (χ3v) is 3.86. The molecule has 0 unspecified atom stereocenters. The van der Waals surface area contributed by atoms with Crippen molar-refractivity contribution in [2.24, 2.45) is 5.73 Å². The van der Waals surface area contributed by atoms with Gasteiger partial charge in [-0.05, 0) is 18.5 Å². The fourth-order valence-electron chi connectivity index (χ4n) is 2.52. The monoisotopic (exact) mass is 324 g/mol. The molecule has 1 amide bonds. The Morgan fingerprint density at radius 1 is 0.875 bits per heavy atom. The van der Waals surface area contributed by atoms with E-state index in [9.17, 15) is 9.59 Å². The van der Waals surface area contributed by atoms with Gasteiger partial charge in [0.05, 0.1) is 0 Å². The third-order valence-electron chi connectivity index (χ3n) is 3.86. The lowest BCUT2D eigenvalue weighted by atomic mass is 10.1. The van der Waals surface area contributed by atoms with Crippen molar-refractivity contribution in [1.29, 1.82) is 0 Å². The molecule has 0 radical (unpaired) electrons. The van der Waals surface area contributed by atoms with Crippen LogP contribution in [0, 0.1) is 0 Å². The zero-order valence-corrected chi connectivity index (χ0v) is 13.9. The van der Waals surface area contributed by atoms with E-state index in [1.165, 1.54) is 0 Å². The fourth-order valence-corrected chi connectivity index (χ4v) is 2.52. The first-order valence-corrected chi connectivity index (χ1v) is 8.30. The van der Waals surface area contributed by atoms with E-state index in [-0.39, 0.29) is 24.5 Å². The first-order valence-electron chi connectivity index (χ1n) is 8.30. The molecule has 0 aromatic heterocycles. The van der Waals surface area contributed by atoms with Gasteiger partial charge >= 0.3 is 0 Å². The van der Waals surface area contributed by atoms with Crippen LogP contribution in [0.3, 0.4) is 0 Å². The van der Waals surface area contributed by atoms with Crippen LogP contribution in [0.1, 0.15) is 35.2 Å². The summed E-state index contributed by atoms with van der Waals surface area (Å²) in [6.45, 7) is 1.71. The number of hydrogen-bond donors (Lipinski definition) is 1. The minimum Gasteiger partial charge on any atom is -0.338 e. The Balaban J connectivity index is 1.93. The van der Waals surface area contributed by atoms with Gasteiger partial charge in [0.1, 0.15) is 0 Å². The van der Waals surface area contributed by atoms with E-state index in [2.05, 4.69) is 0 Å². The minimum absolute atomic E-state index is 0.00226. The quantitative estimate of drug-likeness (QED) is 0.721. The van der Waals surface area contributed by atoms with Crippen LogP contribution in [-0.2, 0) is 11.3 Å². The average Bonchev–Trinajstić information content (AvgIpc) is 2.64. The molecule has 4 heteroatoms. The third kappa shape index (κ3) is 5.63. The summed E-state index contributed by atoms with van der Waals surface area (Å²) in [7, 11) is 0. The van der Waals surface area contributed by atoms with E-state index in [0.29, 0.717) is 25.2 Å². The van der Waals surface area contributed by atoms with Crippen molar-refractivity contribution in [3.05, 3.63) is 71.8 Å². The molecule has 0 fully saturated rings.